The summed E-state index contributed by atoms with van der Waals surface area (Å²) in [5.41, 5.74) is 1.83. The number of aromatic nitrogens is 1. The molecule has 1 aromatic heterocycles. The molecule has 3 N–H and O–H groups in total. The number of para-hydroxylation sites is 1. The second kappa shape index (κ2) is 8.28. The van der Waals surface area contributed by atoms with Crippen LogP contribution in [-0.2, 0) is 16.1 Å². The van der Waals surface area contributed by atoms with Crippen molar-refractivity contribution in [2.24, 2.45) is 0 Å². The van der Waals surface area contributed by atoms with Gasteiger partial charge >= 0.3 is 0 Å². The summed E-state index contributed by atoms with van der Waals surface area (Å²) in [6.07, 6.45) is 1.81. The Morgan fingerprint density at radius 1 is 1.13 bits per heavy atom. The lowest BCUT2D eigenvalue weighted by atomic mass is 10.1. The predicted octanol–water partition coefficient (Wildman–Crippen LogP) is 1.91. The summed E-state index contributed by atoms with van der Waals surface area (Å²) in [4.78, 5) is 37.1. The van der Waals surface area contributed by atoms with Crippen molar-refractivity contribution < 1.29 is 19.1 Å². The lowest BCUT2D eigenvalue weighted by molar-refractivity contribution is -0.125. The SMILES string of the molecule is COc1cccc2c1ccn2CCNC(=O)C[C@H]1NC(=O)c2ccccc2NC1=O. The normalized spacial score (nSPS) is 15.7. The van der Waals surface area contributed by atoms with Crippen molar-refractivity contribution in [1.29, 1.82) is 0 Å². The summed E-state index contributed by atoms with van der Waals surface area (Å²) in [7, 11) is 1.63. The number of anilines is 1. The third-order valence-corrected chi connectivity index (χ3v) is 5.11. The number of carbonyl (C=O) groups excluding carboxylic acids is 3. The van der Waals surface area contributed by atoms with Gasteiger partial charge < -0.3 is 25.3 Å². The lowest BCUT2D eigenvalue weighted by Crippen LogP contribution is -2.44. The van der Waals surface area contributed by atoms with E-state index in [0.717, 1.165) is 16.7 Å². The quantitative estimate of drug-likeness (QED) is 0.582. The highest BCUT2D eigenvalue weighted by atomic mass is 16.5. The number of ether oxygens (including phenoxy) is 1. The summed E-state index contributed by atoms with van der Waals surface area (Å²) in [5.74, 6) is -0.302. The highest BCUT2D eigenvalue weighted by Gasteiger charge is 2.29. The Kier molecular flexibility index (Phi) is 5.38. The molecule has 30 heavy (non-hydrogen) atoms. The zero-order valence-corrected chi connectivity index (χ0v) is 16.5. The number of carbonyl (C=O) groups is 3. The van der Waals surface area contributed by atoms with Crippen LogP contribution in [0.15, 0.2) is 54.7 Å². The molecule has 0 spiro atoms. The third kappa shape index (κ3) is 3.84. The Morgan fingerprint density at radius 2 is 1.97 bits per heavy atom. The topological polar surface area (TPSA) is 101 Å². The molecule has 1 aliphatic rings. The van der Waals surface area contributed by atoms with E-state index in [2.05, 4.69) is 16.0 Å². The minimum Gasteiger partial charge on any atom is -0.496 e. The number of amides is 3. The molecule has 0 fully saturated rings. The highest BCUT2D eigenvalue weighted by molar-refractivity contribution is 6.10. The van der Waals surface area contributed by atoms with Crippen LogP contribution in [0.4, 0.5) is 5.69 Å². The van der Waals surface area contributed by atoms with Crippen LogP contribution in [0.1, 0.15) is 16.8 Å². The van der Waals surface area contributed by atoms with Gasteiger partial charge in [0.05, 0.1) is 30.3 Å². The van der Waals surface area contributed by atoms with Gasteiger partial charge in [0.25, 0.3) is 5.91 Å². The second-order valence-corrected chi connectivity index (χ2v) is 7.02. The van der Waals surface area contributed by atoms with E-state index in [-0.39, 0.29) is 18.2 Å². The Morgan fingerprint density at radius 3 is 2.80 bits per heavy atom. The van der Waals surface area contributed by atoms with Gasteiger partial charge in [-0.15, -0.1) is 0 Å². The Bertz CT molecular complexity index is 1120. The Labute approximate surface area is 173 Å². The maximum atomic E-state index is 12.4. The number of hydrogen-bond acceptors (Lipinski definition) is 4. The first kappa shape index (κ1) is 19.5. The lowest BCUT2D eigenvalue weighted by Gasteiger charge is -2.14. The molecule has 3 aromatic rings. The number of nitrogens with one attached hydrogen (secondary N) is 3. The van der Waals surface area contributed by atoms with E-state index in [1.165, 1.54) is 0 Å². The summed E-state index contributed by atoms with van der Waals surface area (Å²) in [5, 5.41) is 9.14. The average molecular weight is 406 g/mol. The molecule has 0 saturated heterocycles. The maximum Gasteiger partial charge on any atom is 0.254 e. The first-order valence-corrected chi connectivity index (χ1v) is 9.66. The Hall–Kier alpha value is -3.81. The molecule has 4 rings (SSSR count). The van der Waals surface area contributed by atoms with E-state index >= 15 is 0 Å². The monoisotopic (exact) mass is 406 g/mol. The van der Waals surface area contributed by atoms with Gasteiger partial charge in [-0.2, -0.15) is 0 Å². The summed E-state index contributed by atoms with van der Waals surface area (Å²) >= 11 is 0. The number of rotatable bonds is 6. The van der Waals surface area contributed by atoms with Crippen LogP contribution in [0.3, 0.4) is 0 Å². The van der Waals surface area contributed by atoms with Crippen LogP contribution in [0, 0.1) is 0 Å². The number of methoxy groups -OCH3 is 1. The van der Waals surface area contributed by atoms with Crippen molar-refractivity contribution in [2.75, 3.05) is 19.0 Å². The summed E-state index contributed by atoms with van der Waals surface area (Å²) in [6, 6.07) is 13.6. The van der Waals surface area contributed by atoms with Crippen molar-refractivity contribution in [3.63, 3.8) is 0 Å². The summed E-state index contributed by atoms with van der Waals surface area (Å²) in [6.45, 7) is 0.958. The maximum absolute atomic E-state index is 12.4. The van der Waals surface area contributed by atoms with Crippen LogP contribution < -0.4 is 20.7 Å². The van der Waals surface area contributed by atoms with E-state index in [9.17, 15) is 14.4 Å². The van der Waals surface area contributed by atoms with Crippen molar-refractivity contribution in [1.82, 2.24) is 15.2 Å². The number of fused-ring (bicyclic) bond motifs is 2. The van der Waals surface area contributed by atoms with Crippen molar-refractivity contribution in [2.45, 2.75) is 19.0 Å². The fourth-order valence-corrected chi connectivity index (χ4v) is 3.60. The van der Waals surface area contributed by atoms with Gasteiger partial charge in [-0.1, -0.05) is 18.2 Å². The molecule has 0 aliphatic carbocycles. The van der Waals surface area contributed by atoms with Crippen LogP contribution in [0.25, 0.3) is 10.9 Å². The molecule has 2 aromatic carbocycles. The van der Waals surface area contributed by atoms with Gasteiger partial charge in [-0.25, -0.2) is 0 Å². The van der Waals surface area contributed by atoms with Crippen LogP contribution in [0.5, 0.6) is 5.75 Å². The van der Waals surface area contributed by atoms with Crippen LogP contribution in [0.2, 0.25) is 0 Å². The second-order valence-electron chi connectivity index (χ2n) is 7.02. The molecular formula is C22H22N4O4. The van der Waals surface area contributed by atoms with E-state index in [1.807, 2.05) is 35.0 Å². The van der Waals surface area contributed by atoms with E-state index < -0.39 is 11.9 Å². The number of benzene rings is 2. The Balaban J connectivity index is 1.34. The molecule has 1 aliphatic heterocycles. The van der Waals surface area contributed by atoms with Gasteiger partial charge in [-0.05, 0) is 30.3 Å². The number of hydrogen-bond donors (Lipinski definition) is 3. The molecule has 0 bridgehead atoms. The smallest absolute Gasteiger partial charge is 0.254 e. The first-order chi connectivity index (χ1) is 14.6. The van der Waals surface area contributed by atoms with Gasteiger partial charge in [0.2, 0.25) is 11.8 Å². The zero-order valence-electron chi connectivity index (χ0n) is 16.5. The van der Waals surface area contributed by atoms with E-state index in [4.69, 9.17) is 4.74 Å². The van der Waals surface area contributed by atoms with Crippen molar-refractivity contribution in [3.05, 3.63) is 60.3 Å². The third-order valence-electron chi connectivity index (χ3n) is 5.11. The largest absolute Gasteiger partial charge is 0.496 e. The minimum atomic E-state index is -0.929. The van der Waals surface area contributed by atoms with Crippen molar-refractivity contribution in [3.8, 4) is 5.75 Å². The van der Waals surface area contributed by atoms with Gasteiger partial charge in [0.1, 0.15) is 11.8 Å². The van der Waals surface area contributed by atoms with Gasteiger partial charge in [-0.3, -0.25) is 14.4 Å². The minimum absolute atomic E-state index is 0.133. The molecule has 0 radical (unpaired) electrons. The fraction of sp³-hybridized carbons (Fsp3) is 0.227. The average Bonchev–Trinajstić information content (AvgIpc) is 3.11. The van der Waals surface area contributed by atoms with E-state index in [0.29, 0.717) is 24.3 Å². The summed E-state index contributed by atoms with van der Waals surface area (Å²) < 4.78 is 7.39. The molecule has 1 atom stereocenters. The number of nitrogens with zero attached hydrogens (tertiary/aromatic N) is 1. The van der Waals surface area contributed by atoms with E-state index in [1.54, 1.807) is 31.4 Å². The molecule has 154 valence electrons. The molecular weight excluding hydrogens is 384 g/mol. The molecule has 2 heterocycles. The molecule has 8 nitrogen and oxygen atoms in total. The molecule has 3 amide bonds. The van der Waals surface area contributed by atoms with Gasteiger partial charge in [0, 0.05) is 24.7 Å². The highest BCUT2D eigenvalue weighted by Crippen LogP contribution is 2.26. The fourth-order valence-electron chi connectivity index (χ4n) is 3.60. The first-order valence-electron chi connectivity index (χ1n) is 9.66. The molecule has 0 saturated carbocycles. The molecule has 0 unspecified atom stereocenters. The standard InChI is InChI=1S/C22H22N4O4/c1-30-19-8-4-7-18-15(19)9-11-26(18)12-10-23-20(27)13-17-22(29)24-16-6-3-2-5-14(16)21(28)25-17/h2-9,11,17H,10,12-13H2,1H3,(H,23,27)(H,24,29)(H,25,28)/t17-/m1/s1. The predicted molar refractivity (Wildman–Crippen MR) is 112 cm³/mol. The van der Waals surface area contributed by atoms with Crippen molar-refractivity contribution >= 4 is 34.3 Å². The van der Waals surface area contributed by atoms with Crippen LogP contribution >= 0.6 is 0 Å². The van der Waals surface area contributed by atoms with Crippen LogP contribution in [-0.4, -0.2) is 42.0 Å². The zero-order chi connectivity index (χ0) is 21.1. The van der Waals surface area contributed by atoms with Gasteiger partial charge in [0.15, 0.2) is 0 Å². The molecule has 8 heteroatoms.